The van der Waals surface area contributed by atoms with Crippen LogP contribution in [-0.4, -0.2) is 62.6 Å². The summed E-state index contributed by atoms with van der Waals surface area (Å²) in [6.07, 6.45) is 5.03. The number of hydrogen-bond donors (Lipinski definition) is 1. The summed E-state index contributed by atoms with van der Waals surface area (Å²) in [7, 11) is 0. The van der Waals surface area contributed by atoms with E-state index in [9.17, 15) is 5.11 Å². The molecule has 1 N–H and O–H groups in total. The van der Waals surface area contributed by atoms with Crippen LogP contribution >= 0.6 is 0 Å². The van der Waals surface area contributed by atoms with Gasteiger partial charge in [0.1, 0.15) is 5.65 Å². The number of β-amino-alcohol motifs (C(OH)–C–C–N with tert-alkyl or cyclic N) is 1. The lowest BCUT2D eigenvalue weighted by atomic mass is 10.1. The first-order valence-electron chi connectivity index (χ1n) is 8.22. The van der Waals surface area contributed by atoms with Crippen molar-refractivity contribution in [3.63, 3.8) is 0 Å². The fourth-order valence-corrected chi connectivity index (χ4v) is 3.36. The van der Waals surface area contributed by atoms with Gasteiger partial charge in [-0.1, -0.05) is 13.0 Å². The number of aliphatic hydroxyl groups excluding tert-OH is 1. The van der Waals surface area contributed by atoms with E-state index in [4.69, 9.17) is 4.98 Å². The van der Waals surface area contributed by atoms with Crippen molar-refractivity contribution in [1.29, 1.82) is 0 Å². The van der Waals surface area contributed by atoms with Gasteiger partial charge in [-0.2, -0.15) is 0 Å². The van der Waals surface area contributed by atoms with Crippen LogP contribution in [0.3, 0.4) is 0 Å². The molecule has 1 saturated heterocycles. The van der Waals surface area contributed by atoms with E-state index in [2.05, 4.69) is 27.3 Å². The van der Waals surface area contributed by atoms with E-state index in [1.165, 1.54) is 0 Å². The van der Waals surface area contributed by atoms with Crippen LogP contribution < -0.4 is 0 Å². The van der Waals surface area contributed by atoms with Crippen LogP contribution in [0.15, 0.2) is 30.6 Å². The summed E-state index contributed by atoms with van der Waals surface area (Å²) in [4.78, 5) is 9.59. The molecule has 22 heavy (non-hydrogen) atoms. The van der Waals surface area contributed by atoms with E-state index in [1.54, 1.807) is 0 Å². The lowest BCUT2D eigenvalue weighted by Crippen LogP contribution is -2.54. The molecule has 0 aromatic carbocycles. The van der Waals surface area contributed by atoms with E-state index in [1.807, 2.05) is 31.3 Å². The molecule has 5 nitrogen and oxygen atoms in total. The summed E-state index contributed by atoms with van der Waals surface area (Å²) in [6, 6.07) is 6.62. The Hall–Kier alpha value is -1.43. The third-order valence-electron chi connectivity index (χ3n) is 4.46. The standard InChI is InChI=1S/C17H26N4O/c1-3-16-13-19(8-9-20(16)10-14(2)22)11-15-12-21-7-5-4-6-17(21)18-15/h4-7,12,14,16,22H,3,8-11,13H2,1-2H3/t14-,16-/m1/s1. The quantitative estimate of drug-likeness (QED) is 0.911. The van der Waals surface area contributed by atoms with Gasteiger partial charge in [0.05, 0.1) is 11.8 Å². The third kappa shape index (κ3) is 3.48. The maximum atomic E-state index is 9.63. The van der Waals surface area contributed by atoms with Crippen LogP contribution in [0.25, 0.3) is 5.65 Å². The molecule has 1 aliphatic rings. The number of imidazole rings is 1. The zero-order valence-corrected chi connectivity index (χ0v) is 13.5. The lowest BCUT2D eigenvalue weighted by molar-refractivity contribution is 0.0334. The Bertz CT molecular complexity index is 576. The van der Waals surface area contributed by atoms with Crippen LogP contribution in [0.2, 0.25) is 0 Å². The summed E-state index contributed by atoms with van der Waals surface area (Å²) in [6.45, 7) is 8.90. The minimum Gasteiger partial charge on any atom is -0.392 e. The minimum absolute atomic E-state index is 0.251. The van der Waals surface area contributed by atoms with Crippen LogP contribution in [0, 0.1) is 0 Å². The second kappa shape index (κ2) is 6.77. The molecule has 5 heteroatoms. The van der Waals surface area contributed by atoms with Gasteiger partial charge in [0.25, 0.3) is 0 Å². The van der Waals surface area contributed by atoms with E-state index in [-0.39, 0.29) is 6.10 Å². The van der Waals surface area contributed by atoms with Crippen molar-refractivity contribution in [2.75, 3.05) is 26.2 Å². The Morgan fingerprint density at radius 2 is 2.23 bits per heavy atom. The number of rotatable bonds is 5. The molecule has 0 amide bonds. The summed E-state index contributed by atoms with van der Waals surface area (Å²) in [5, 5.41) is 9.63. The van der Waals surface area contributed by atoms with Crippen LogP contribution in [0.4, 0.5) is 0 Å². The van der Waals surface area contributed by atoms with Crippen molar-refractivity contribution >= 4 is 5.65 Å². The van der Waals surface area contributed by atoms with Gasteiger partial charge in [-0.05, 0) is 25.5 Å². The summed E-state index contributed by atoms with van der Waals surface area (Å²) >= 11 is 0. The highest BCUT2D eigenvalue weighted by atomic mass is 16.3. The van der Waals surface area contributed by atoms with Crippen LogP contribution in [0.5, 0.6) is 0 Å². The fourth-order valence-electron chi connectivity index (χ4n) is 3.36. The molecule has 0 spiro atoms. The molecule has 2 atom stereocenters. The van der Waals surface area contributed by atoms with Crippen LogP contribution in [0.1, 0.15) is 26.0 Å². The first-order chi connectivity index (χ1) is 10.7. The van der Waals surface area contributed by atoms with E-state index in [0.29, 0.717) is 6.04 Å². The maximum Gasteiger partial charge on any atom is 0.137 e. The molecular formula is C17H26N4O. The number of pyridine rings is 1. The third-order valence-corrected chi connectivity index (χ3v) is 4.46. The Morgan fingerprint density at radius 3 is 2.95 bits per heavy atom. The predicted molar refractivity (Wildman–Crippen MR) is 87.8 cm³/mol. The molecule has 0 bridgehead atoms. The van der Waals surface area contributed by atoms with Crippen molar-refractivity contribution in [3.05, 3.63) is 36.3 Å². The molecule has 3 rings (SSSR count). The van der Waals surface area contributed by atoms with E-state index >= 15 is 0 Å². The number of nitrogens with zero attached hydrogens (tertiary/aromatic N) is 4. The largest absolute Gasteiger partial charge is 0.392 e. The summed E-state index contributed by atoms with van der Waals surface area (Å²) in [5.74, 6) is 0. The molecule has 0 saturated carbocycles. The molecule has 2 aromatic rings. The van der Waals surface area contributed by atoms with E-state index in [0.717, 1.165) is 50.5 Å². The number of piperazine rings is 1. The van der Waals surface area contributed by atoms with E-state index < -0.39 is 0 Å². The van der Waals surface area contributed by atoms with Gasteiger partial charge in [-0.15, -0.1) is 0 Å². The predicted octanol–water partition coefficient (Wildman–Crippen LogP) is 1.61. The Balaban J connectivity index is 1.64. The second-order valence-electron chi connectivity index (χ2n) is 6.34. The molecule has 0 unspecified atom stereocenters. The second-order valence-corrected chi connectivity index (χ2v) is 6.34. The molecule has 0 aliphatic carbocycles. The van der Waals surface area contributed by atoms with Crippen molar-refractivity contribution < 1.29 is 5.11 Å². The SMILES string of the molecule is CC[C@@H]1CN(Cc2cn3ccccc3n2)CCN1C[C@@H](C)O. The Labute approximate surface area is 132 Å². The van der Waals surface area contributed by atoms with Gasteiger partial charge < -0.3 is 9.51 Å². The Kier molecular flexibility index (Phi) is 4.76. The number of aromatic nitrogens is 2. The first kappa shape index (κ1) is 15.5. The number of fused-ring (bicyclic) bond motifs is 1. The average molecular weight is 302 g/mol. The Morgan fingerprint density at radius 1 is 1.36 bits per heavy atom. The van der Waals surface area contributed by atoms with Gasteiger partial charge in [-0.3, -0.25) is 9.80 Å². The highest BCUT2D eigenvalue weighted by Crippen LogP contribution is 2.16. The highest BCUT2D eigenvalue weighted by molar-refractivity contribution is 5.39. The van der Waals surface area contributed by atoms with Crippen molar-refractivity contribution in [3.8, 4) is 0 Å². The van der Waals surface area contributed by atoms with Crippen molar-refractivity contribution in [2.45, 2.75) is 39.0 Å². The molecule has 1 aliphatic heterocycles. The van der Waals surface area contributed by atoms with Crippen LogP contribution in [-0.2, 0) is 6.54 Å². The molecule has 3 heterocycles. The number of hydrogen-bond acceptors (Lipinski definition) is 4. The fraction of sp³-hybridized carbons (Fsp3) is 0.588. The lowest BCUT2D eigenvalue weighted by Gasteiger charge is -2.41. The molecule has 1 fully saturated rings. The zero-order valence-electron chi connectivity index (χ0n) is 13.5. The smallest absolute Gasteiger partial charge is 0.137 e. The highest BCUT2D eigenvalue weighted by Gasteiger charge is 2.26. The van der Waals surface area contributed by atoms with Gasteiger partial charge >= 0.3 is 0 Å². The molecule has 0 radical (unpaired) electrons. The average Bonchev–Trinajstić information content (AvgIpc) is 2.90. The first-order valence-corrected chi connectivity index (χ1v) is 8.22. The summed E-state index contributed by atoms with van der Waals surface area (Å²) < 4.78 is 2.08. The van der Waals surface area contributed by atoms with Gasteiger partial charge in [0.15, 0.2) is 0 Å². The summed E-state index contributed by atoms with van der Waals surface area (Å²) in [5.41, 5.74) is 2.14. The minimum atomic E-state index is -0.251. The zero-order chi connectivity index (χ0) is 15.5. The molecule has 2 aromatic heterocycles. The monoisotopic (exact) mass is 302 g/mol. The van der Waals surface area contributed by atoms with Crippen molar-refractivity contribution in [1.82, 2.24) is 19.2 Å². The number of aliphatic hydroxyl groups is 1. The van der Waals surface area contributed by atoms with Gasteiger partial charge in [0, 0.05) is 51.2 Å². The van der Waals surface area contributed by atoms with Gasteiger partial charge in [0.2, 0.25) is 0 Å². The molecule has 120 valence electrons. The molecular weight excluding hydrogens is 276 g/mol. The maximum absolute atomic E-state index is 9.63. The normalized spacial score (nSPS) is 22.2. The van der Waals surface area contributed by atoms with Crippen molar-refractivity contribution in [2.24, 2.45) is 0 Å². The topological polar surface area (TPSA) is 44.0 Å². The van der Waals surface area contributed by atoms with Gasteiger partial charge in [-0.25, -0.2) is 4.98 Å².